The molecule has 10 heteroatoms. The zero-order valence-electron chi connectivity index (χ0n) is 24.4. The van der Waals surface area contributed by atoms with Crippen molar-refractivity contribution in [3.05, 3.63) is 118 Å². The highest BCUT2D eigenvalue weighted by Gasteiger charge is 2.21. The minimum absolute atomic E-state index is 0.0808. The van der Waals surface area contributed by atoms with Gasteiger partial charge in [-0.3, -0.25) is 14.4 Å². The third kappa shape index (κ3) is 8.98. The van der Waals surface area contributed by atoms with Gasteiger partial charge in [-0.25, -0.2) is 0 Å². The predicted molar refractivity (Wildman–Crippen MR) is 179 cm³/mol. The van der Waals surface area contributed by atoms with Crippen molar-refractivity contribution in [3.63, 3.8) is 0 Å². The summed E-state index contributed by atoms with van der Waals surface area (Å²) in [6, 6.07) is 28.5. The fraction of sp³-hybridized carbons (Fsp3) is 0.147. The van der Waals surface area contributed by atoms with Gasteiger partial charge in [0.1, 0.15) is 17.2 Å². The first kappa shape index (κ1) is 32.4. The van der Waals surface area contributed by atoms with E-state index in [1.54, 1.807) is 73.8 Å². The fourth-order valence-electron chi connectivity index (χ4n) is 4.13. The van der Waals surface area contributed by atoms with Crippen LogP contribution in [0.25, 0.3) is 6.08 Å². The molecule has 3 amide bonds. The maximum Gasteiger partial charge on any atom is 0.272 e. The van der Waals surface area contributed by atoms with Crippen LogP contribution in [0.2, 0.25) is 0 Å². The molecule has 44 heavy (non-hydrogen) atoms. The summed E-state index contributed by atoms with van der Waals surface area (Å²) < 4.78 is 11.6. The summed E-state index contributed by atoms with van der Waals surface area (Å²) in [5.41, 5.74) is 2.27. The van der Waals surface area contributed by atoms with Crippen molar-refractivity contribution in [1.82, 2.24) is 5.32 Å². The van der Waals surface area contributed by atoms with Gasteiger partial charge < -0.3 is 25.4 Å². The van der Waals surface area contributed by atoms with Gasteiger partial charge in [0.15, 0.2) is 0 Å². The average molecular weight is 675 g/mol. The number of thioether (sulfide) groups is 1. The van der Waals surface area contributed by atoms with Crippen LogP contribution in [-0.2, 0) is 9.59 Å². The van der Waals surface area contributed by atoms with Crippen LogP contribution >= 0.6 is 27.7 Å². The highest BCUT2D eigenvalue weighted by Crippen LogP contribution is 2.32. The van der Waals surface area contributed by atoms with Gasteiger partial charge in [-0.05, 0) is 72.7 Å². The first-order valence-electron chi connectivity index (χ1n) is 13.7. The van der Waals surface area contributed by atoms with E-state index in [0.29, 0.717) is 34.9 Å². The van der Waals surface area contributed by atoms with E-state index < -0.39 is 17.1 Å². The van der Waals surface area contributed by atoms with E-state index in [4.69, 9.17) is 9.47 Å². The molecule has 0 aromatic heterocycles. The number of benzene rings is 4. The monoisotopic (exact) mass is 673 g/mol. The van der Waals surface area contributed by atoms with E-state index in [1.165, 1.54) is 18.9 Å². The van der Waals surface area contributed by atoms with Crippen LogP contribution in [0, 0.1) is 0 Å². The number of nitrogens with one attached hydrogen (secondary N) is 3. The summed E-state index contributed by atoms with van der Waals surface area (Å²) in [5.74, 6) is 0.0304. The standard InChI is InChI=1S/C34H32BrN3O5S/c1-4-31(34(41)37-28-21-26(42-2)17-18-30(28)43-3)44-27-12-8-11-25(20-27)36-33(40)29(19-22-13-15-24(35)16-14-22)38-32(39)23-9-6-5-7-10-23/h5-21,31H,4H2,1-3H3,(H,36,40)(H,37,41)(H,38,39)/b29-19-. The maximum absolute atomic E-state index is 13.5. The summed E-state index contributed by atoms with van der Waals surface area (Å²) in [7, 11) is 3.09. The van der Waals surface area contributed by atoms with Crippen LogP contribution in [0.1, 0.15) is 29.3 Å². The summed E-state index contributed by atoms with van der Waals surface area (Å²) in [6.45, 7) is 1.93. The third-order valence-electron chi connectivity index (χ3n) is 6.41. The molecular weight excluding hydrogens is 642 g/mol. The number of methoxy groups -OCH3 is 2. The number of amides is 3. The van der Waals surface area contributed by atoms with Crippen LogP contribution in [0.4, 0.5) is 11.4 Å². The molecule has 4 rings (SSSR count). The molecule has 0 fully saturated rings. The van der Waals surface area contributed by atoms with Crippen molar-refractivity contribution >= 4 is 62.9 Å². The molecule has 0 aliphatic rings. The summed E-state index contributed by atoms with van der Waals surface area (Å²) in [4.78, 5) is 40.4. The lowest BCUT2D eigenvalue weighted by Gasteiger charge is -2.17. The highest BCUT2D eigenvalue weighted by atomic mass is 79.9. The molecule has 0 radical (unpaired) electrons. The Kier molecular flexibility index (Phi) is 11.6. The second-order valence-corrected chi connectivity index (χ2v) is 11.7. The Labute approximate surface area is 269 Å². The third-order valence-corrected chi connectivity index (χ3v) is 8.29. The van der Waals surface area contributed by atoms with Gasteiger partial charge in [0.25, 0.3) is 11.8 Å². The van der Waals surface area contributed by atoms with Crippen LogP contribution in [0.15, 0.2) is 112 Å². The quantitative estimate of drug-likeness (QED) is 0.107. The normalized spacial score (nSPS) is 11.7. The van der Waals surface area contributed by atoms with Gasteiger partial charge in [0.05, 0.1) is 25.2 Å². The van der Waals surface area contributed by atoms with Crippen LogP contribution in [0.5, 0.6) is 11.5 Å². The Bertz CT molecular complexity index is 1640. The minimum Gasteiger partial charge on any atom is -0.497 e. The summed E-state index contributed by atoms with van der Waals surface area (Å²) >= 11 is 4.79. The largest absolute Gasteiger partial charge is 0.497 e. The molecule has 0 heterocycles. The zero-order valence-corrected chi connectivity index (χ0v) is 26.8. The molecule has 0 bridgehead atoms. The van der Waals surface area contributed by atoms with E-state index in [1.807, 2.05) is 43.3 Å². The Balaban J connectivity index is 1.50. The number of ether oxygens (including phenoxy) is 2. The van der Waals surface area contributed by atoms with Gasteiger partial charge in [-0.1, -0.05) is 59.3 Å². The number of halogens is 1. The number of hydrogen-bond acceptors (Lipinski definition) is 6. The van der Waals surface area contributed by atoms with Crippen molar-refractivity contribution in [2.45, 2.75) is 23.5 Å². The molecule has 0 spiro atoms. The second kappa shape index (κ2) is 15.8. The van der Waals surface area contributed by atoms with Crippen molar-refractivity contribution in [2.75, 3.05) is 24.9 Å². The molecule has 0 saturated carbocycles. The fourth-order valence-corrected chi connectivity index (χ4v) is 5.40. The Hall–Kier alpha value is -4.54. The number of anilines is 2. The van der Waals surface area contributed by atoms with Crippen LogP contribution < -0.4 is 25.4 Å². The van der Waals surface area contributed by atoms with Crippen molar-refractivity contribution in [2.24, 2.45) is 0 Å². The Morgan fingerprint density at radius 1 is 0.864 bits per heavy atom. The number of hydrogen-bond donors (Lipinski definition) is 3. The van der Waals surface area contributed by atoms with E-state index in [2.05, 4.69) is 31.9 Å². The maximum atomic E-state index is 13.5. The molecule has 226 valence electrons. The Morgan fingerprint density at radius 3 is 2.30 bits per heavy atom. The minimum atomic E-state index is -0.491. The SMILES string of the molecule is CCC(Sc1cccc(NC(=O)/C(=C/c2ccc(Br)cc2)NC(=O)c2ccccc2)c1)C(=O)Nc1cc(OC)ccc1OC. The van der Waals surface area contributed by atoms with Gasteiger partial charge in [-0.15, -0.1) is 11.8 Å². The van der Waals surface area contributed by atoms with Gasteiger partial charge in [-0.2, -0.15) is 0 Å². The van der Waals surface area contributed by atoms with Gasteiger partial charge >= 0.3 is 0 Å². The number of carbonyl (C=O) groups is 3. The molecule has 0 saturated heterocycles. The zero-order chi connectivity index (χ0) is 31.5. The Morgan fingerprint density at radius 2 is 1.61 bits per heavy atom. The topological polar surface area (TPSA) is 106 Å². The number of carbonyl (C=O) groups excluding carboxylic acids is 3. The molecule has 1 atom stereocenters. The molecule has 0 aliphatic carbocycles. The number of rotatable bonds is 12. The van der Waals surface area contributed by atoms with E-state index in [9.17, 15) is 14.4 Å². The van der Waals surface area contributed by atoms with Crippen molar-refractivity contribution in [1.29, 1.82) is 0 Å². The smallest absolute Gasteiger partial charge is 0.272 e. The first-order chi connectivity index (χ1) is 21.3. The molecule has 4 aromatic carbocycles. The average Bonchev–Trinajstić information content (AvgIpc) is 3.04. The summed E-state index contributed by atoms with van der Waals surface area (Å²) in [6.07, 6.45) is 2.18. The van der Waals surface area contributed by atoms with E-state index in [-0.39, 0.29) is 11.6 Å². The second-order valence-electron chi connectivity index (χ2n) is 9.48. The van der Waals surface area contributed by atoms with E-state index >= 15 is 0 Å². The van der Waals surface area contributed by atoms with Crippen LogP contribution in [-0.4, -0.2) is 37.2 Å². The molecule has 0 aliphatic heterocycles. The molecule has 4 aromatic rings. The van der Waals surface area contributed by atoms with Gasteiger partial charge in [0.2, 0.25) is 5.91 Å². The summed E-state index contributed by atoms with van der Waals surface area (Å²) in [5, 5.41) is 8.15. The highest BCUT2D eigenvalue weighted by molar-refractivity contribution is 9.10. The van der Waals surface area contributed by atoms with Gasteiger partial charge in [0, 0.05) is 26.7 Å². The van der Waals surface area contributed by atoms with E-state index in [0.717, 1.165) is 14.9 Å². The van der Waals surface area contributed by atoms with Crippen LogP contribution in [0.3, 0.4) is 0 Å². The lowest BCUT2D eigenvalue weighted by Crippen LogP contribution is -2.30. The predicted octanol–water partition coefficient (Wildman–Crippen LogP) is 7.39. The van der Waals surface area contributed by atoms with Crippen molar-refractivity contribution in [3.8, 4) is 11.5 Å². The lowest BCUT2D eigenvalue weighted by molar-refractivity contribution is -0.116. The molecule has 3 N–H and O–H groups in total. The molecule has 1 unspecified atom stereocenters. The molecular formula is C34H32BrN3O5S. The lowest BCUT2D eigenvalue weighted by atomic mass is 10.1. The molecule has 8 nitrogen and oxygen atoms in total. The first-order valence-corrected chi connectivity index (χ1v) is 15.4. The van der Waals surface area contributed by atoms with Crippen molar-refractivity contribution < 1.29 is 23.9 Å².